The Morgan fingerprint density at radius 2 is 0.988 bits per heavy atom. The summed E-state index contributed by atoms with van der Waals surface area (Å²) in [6.07, 6.45) is -19.3. The molecule has 2 unspecified atom stereocenters. The number of hydrogen-bond acceptors (Lipinski definition) is 6. The van der Waals surface area contributed by atoms with Crippen LogP contribution in [0.25, 0.3) is 4.85 Å². The van der Waals surface area contributed by atoms with Crippen molar-refractivity contribution in [2.24, 2.45) is 0 Å². The van der Waals surface area contributed by atoms with Crippen molar-refractivity contribution in [3.05, 3.63) is 285 Å². The first-order valence-corrected chi connectivity index (χ1v) is 25.5. The van der Waals surface area contributed by atoms with E-state index in [0.29, 0.717) is 34.9 Å². The van der Waals surface area contributed by atoms with Crippen molar-refractivity contribution in [3.63, 3.8) is 0 Å². The van der Waals surface area contributed by atoms with Gasteiger partial charge in [0.15, 0.2) is 0 Å². The second-order valence-electron chi connectivity index (χ2n) is 19.0. The molecule has 1 N–H and O–H groups in total. The van der Waals surface area contributed by atoms with Crippen molar-refractivity contribution in [1.82, 2.24) is 5.32 Å². The molecule has 84 heavy (non-hydrogen) atoms. The quantitative estimate of drug-likeness (QED) is 0.0354. The Kier molecular flexibility index (Phi) is 20.7. The maximum absolute atomic E-state index is 15.0. The predicted molar refractivity (Wildman–Crippen MR) is 286 cm³/mol. The molecule has 0 aromatic heterocycles. The largest absolute Gasteiger partial charge is 0.461 e. The number of nitrogens with one attached hydrogen (secondary N) is 1. The first-order valence-electron chi connectivity index (χ1n) is 25.5. The van der Waals surface area contributed by atoms with Crippen LogP contribution >= 0.6 is 0 Å². The third kappa shape index (κ3) is 16.8. The zero-order valence-electron chi connectivity index (χ0n) is 44.2. The molecule has 1 fully saturated rings. The lowest BCUT2D eigenvalue weighted by Crippen LogP contribution is -2.49. The molecule has 0 saturated carbocycles. The van der Waals surface area contributed by atoms with E-state index in [1.807, 2.05) is 18.2 Å². The van der Waals surface area contributed by atoms with Crippen molar-refractivity contribution in [1.29, 1.82) is 0 Å². The van der Waals surface area contributed by atoms with Crippen LogP contribution in [0.4, 0.5) is 52.7 Å². The van der Waals surface area contributed by atoms with Crippen LogP contribution in [0.1, 0.15) is 70.1 Å². The third-order valence-electron chi connectivity index (χ3n) is 12.9. The van der Waals surface area contributed by atoms with Crippen LogP contribution < -0.4 is 14.8 Å². The molecule has 0 bridgehead atoms. The summed E-state index contributed by atoms with van der Waals surface area (Å²) in [6, 6.07) is 50.3. The highest BCUT2D eigenvalue weighted by Crippen LogP contribution is 2.42. The second kappa shape index (κ2) is 27.8. The monoisotopic (exact) mass is 1170 g/mol. The minimum atomic E-state index is -4.95. The molecule has 20 heteroatoms. The number of alkyl halides is 8. The van der Waals surface area contributed by atoms with Gasteiger partial charge in [0.25, 0.3) is 5.54 Å². The van der Waals surface area contributed by atoms with Crippen LogP contribution in [0.5, 0.6) is 11.5 Å². The Labute approximate surface area is 475 Å². The summed E-state index contributed by atoms with van der Waals surface area (Å²) in [4.78, 5) is 29.4. The number of carbonyl (C=O) groups excluding carboxylic acids is 2. The van der Waals surface area contributed by atoms with Crippen LogP contribution in [-0.2, 0) is 43.0 Å². The van der Waals surface area contributed by atoms with E-state index >= 15 is 4.39 Å². The molecule has 4 atom stereocenters. The molecule has 0 spiro atoms. The van der Waals surface area contributed by atoms with E-state index in [4.69, 9.17) is 16.0 Å². The molecule has 8 aromatic carbocycles. The number of epoxide rings is 1. The van der Waals surface area contributed by atoms with Crippen LogP contribution in [0.2, 0.25) is 0 Å². The molecule has 1 aliphatic heterocycles. The summed E-state index contributed by atoms with van der Waals surface area (Å²) in [5.74, 6) is -6.55. The van der Waals surface area contributed by atoms with Gasteiger partial charge in [-0.15, -0.1) is 0 Å². The Morgan fingerprint density at radius 1 is 0.560 bits per heavy atom. The first kappa shape index (κ1) is 62.5. The lowest BCUT2D eigenvalue weighted by atomic mass is 9.77. The van der Waals surface area contributed by atoms with E-state index in [-0.39, 0.29) is 35.1 Å². The van der Waals surface area contributed by atoms with Gasteiger partial charge in [0.05, 0.1) is 25.0 Å². The summed E-state index contributed by atoms with van der Waals surface area (Å²) < 4.78 is 181. The van der Waals surface area contributed by atoms with Crippen molar-refractivity contribution in [3.8, 4) is 11.5 Å². The average molecular weight is 1170 g/mol. The van der Waals surface area contributed by atoms with Crippen LogP contribution in [0.15, 0.2) is 206 Å². The number of carbonyl (C=O) groups is 2. The van der Waals surface area contributed by atoms with Crippen LogP contribution in [0, 0.1) is 29.8 Å². The van der Waals surface area contributed by atoms with Gasteiger partial charge in [-0.3, -0.25) is 14.4 Å². The molecule has 1 heterocycles. The molecular formula is C64H50F12N2O6. The van der Waals surface area contributed by atoms with E-state index in [0.717, 1.165) is 55.1 Å². The molecule has 0 radical (unpaired) electrons. The van der Waals surface area contributed by atoms with Gasteiger partial charge in [0.1, 0.15) is 47.0 Å². The fourth-order valence-corrected chi connectivity index (χ4v) is 8.95. The normalized spacial score (nSPS) is 14.6. The first-order chi connectivity index (χ1) is 40.0. The summed E-state index contributed by atoms with van der Waals surface area (Å²) in [5, 5.41) is 2.83. The summed E-state index contributed by atoms with van der Waals surface area (Å²) in [5.41, 5.74) is -0.181. The molecule has 0 aliphatic carbocycles. The fraction of sp³-hybridized carbons (Fsp3) is 0.203. The summed E-state index contributed by atoms with van der Waals surface area (Å²) in [7, 11) is 0. The number of amides is 1. The zero-order valence-corrected chi connectivity index (χ0v) is 44.2. The lowest BCUT2D eigenvalue weighted by Gasteiger charge is -2.37. The Morgan fingerprint density at radius 3 is 1.44 bits per heavy atom. The molecule has 1 saturated heterocycles. The van der Waals surface area contributed by atoms with E-state index in [2.05, 4.69) is 31.8 Å². The average Bonchev–Trinajstić information content (AvgIpc) is 1.80. The second-order valence-corrected chi connectivity index (χ2v) is 19.0. The number of hydrogen-bond donors (Lipinski definition) is 1. The van der Waals surface area contributed by atoms with E-state index in [9.17, 15) is 57.9 Å². The molecule has 8 aromatic rings. The van der Waals surface area contributed by atoms with Crippen molar-refractivity contribution in [2.45, 2.75) is 74.5 Å². The van der Waals surface area contributed by atoms with Crippen molar-refractivity contribution < 1.29 is 81.2 Å². The van der Waals surface area contributed by atoms with Gasteiger partial charge in [-0.1, -0.05) is 133 Å². The summed E-state index contributed by atoms with van der Waals surface area (Å²) in [6.45, 7) is 9.96. The topological polar surface area (TPSA) is 90.8 Å². The number of ether oxygens (including phenoxy) is 4. The molecule has 1 aliphatic rings. The van der Waals surface area contributed by atoms with E-state index in [1.165, 1.54) is 36.8 Å². The molecular weight excluding hydrogens is 1120 g/mol. The SMILES string of the molecule is CC(=O)OC(CC(=O)N[C@](Cc1ccccc1)(c1ccc(F)cc1)c1cc(F)cc(OC(F)(F)C(F)F)c1)c1ccccc1.[C-]#[N+][C@](Cc1ccccc1)(c1ccc(F)cc1)c1cc(F)cc(OC(F)(F)C(F)F)c1.c1ccc(C2CO2)cc1. The van der Waals surface area contributed by atoms with Gasteiger partial charge >= 0.3 is 31.0 Å². The fourth-order valence-electron chi connectivity index (χ4n) is 8.95. The van der Waals surface area contributed by atoms with Gasteiger partial charge in [0, 0.05) is 36.6 Å². The Balaban J connectivity index is 0.000000217. The lowest BCUT2D eigenvalue weighted by molar-refractivity contribution is -0.253. The van der Waals surface area contributed by atoms with Crippen molar-refractivity contribution >= 4 is 11.9 Å². The predicted octanol–water partition coefficient (Wildman–Crippen LogP) is 15.9. The number of esters is 1. The van der Waals surface area contributed by atoms with E-state index < -0.39 is 95.3 Å². The number of halogens is 12. The highest BCUT2D eigenvalue weighted by atomic mass is 19.3. The maximum atomic E-state index is 15.0. The Hall–Kier alpha value is -9.09. The van der Waals surface area contributed by atoms with Crippen LogP contribution in [-0.4, -0.2) is 43.6 Å². The van der Waals surface area contributed by atoms with Crippen LogP contribution in [0.3, 0.4) is 0 Å². The smallest absolute Gasteiger partial charge is 0.457 e. The van der Waals surface area contributed by atoms with Crippen molar-refractivity contribution in [2.75, 3.05) is 6.61 Å². The van der Waals surface area contributed by atoms with E-state index in [1.54, 1.807) is 91.0 Å². The number of benzene rings is 8. The molecule has 1 amide bonds. The minimum absolute atomic E-state index is 0.0168. The van der Waals surface area contributed by atoms with Gasteiger partial charge in [-0.2, -0.15) is 35.1 Å². The third-order valence-corrected chi connectivity index (χ3v) is 12.9. The van der Waals surface area contributed by atoms with Gasteiger partial charge in [0.2, 0.25) is 5.91 Å². The van der Waals surface area contributed by atoms with Gasteiger partial charge in [-0.25, -0.2) is 24.1 Å². The number of nitrogens with zero attached hydrogens (tertiary/aromatic N) is 1. The standard InChI is InChI=1S/C33H27F6NO4.C23H15F6NO.C8H8O/c1-21(41)43-29(23-10-6-3-7-11-23)19-30(42)40-32(20-22-8-4-2-5-9-22,24-12-14-26(34)15-13-24)25-16-27(35)18-28(17-25)44-33(38,39)31(36)37;1-30-22(14-15-5-3-2-4-6-15,16-7-9-18(24)10-8-16)17-11-19(25)13-20(12-17)31-23(28,29)21(26)27;1-2-4-7(5-3-1)8-6-9-8/h2-18,29,31H,19-20H2,1H3,(H,40,42);2-13,21H,14H2;1-5,8H,6H2/t29?,32-;22-;/m11./s1. The molecule has 9 rings (SSSR count). The number of rotatable bonds is 20. The highest BCUT2D eigenvalue weighted by molar-refractivity contribution is 5.79. The zero-order chi connectivity index (χ0) is 60.7. The van der Waals surface area contributed by atoms with Gasteiger partial charge < -0.3 is 24.3 Å². The summed E-state index contributed by atoms with van der Waals surface area (Å²) >= 11 is 0. The maximum Gasteiger partial charge on any atom is 0.461 e. The molecule has 8 nitrogen and oxygen atoms in total. The minimum Gasteiger partial charge on any atom is -0.457 e. The Bertz CT molecular complexity index is 3470. The highest BCUT2D eigenvalue weighted by Gasteiger charge is 2.47. The van der Waals surface area contributed by atoms with Gasteiger partial charge in [-0.05, 0) is 94.0 Å². The molecule has 436 valence electrons.